The first kappa shape index (κ1) is 17.1. The van der Waals surface area contributed by atoms with Gasteiger partial charge in [0.2, 0.25) is 5.91 Å². The SMILES string of the molecule is Cc1c(C(=O)N2CC(C(N)=O)CCC2C)nnn1-c1ccc(F)cc1. The van der Waals surface area contributed by atoms with Crippen LogP contribution in [0, 0.1) is 18.7 Å². The minimum absolute atomic E-state index is 0.00142. The lowest BCUT2D eigenvalue weighted by molar-refractivity contribution is -0.123. The van der Waals surface area contributed by atoms with Crippen LogP contribution in [0.4, 0.5) is 4.39 Å². The van der Waals surface area contributed by atoms with Gasteiger partial charge in [-0.3, -0.25) is 9.59 Å². The zero-order valence-corrected chi connectivity index (χ0v) is 14.1. The lowest BCUT2D eigenvalue weighted by Crippen LogP contribution is -2.48. The number of benzene rings is 1. The smallest absolute Gasteiger partial charge is 0.276 e. The second kappa shape index (κ2) is 6.62. The van der Waals surface area contributed by atoms with Crippen molar-refractivity contribution in [1.29, 1.82) is 0 Å². The molecule has 2 amide bonds. The number of hydrogen-bond donors (Lipinski definition) is 1. The lowest BCUT2D eigenvalue weighted by atomic mass is 9.92. The summed E-state index contributed by atoms with van der Waals surface area (Å²) in [6.07, 6.45) is 1.39. The Bertz CT molecular complexity index is 802. The van der Waals surface area contributed by atoms with Gasteiger partial charge in [0, 0.05) is 12.6 Å². The van der Waals surface area contributed by atoms with Gasteiger partial charge in [0.25, 0.3) is 5.91 Å². The summed E-state index contributed by atoms with van der Waals surface area (Å²) >= 11 is 0. The summed E-state index contributed by atoms with van der Waals surface area (Å²) in [4.78, 5) is 26.0. The monoisotopic (exact) mass is 345 g/mol. The summed E-state index contributed by atoms with van der Waals surface area (Å²) in [5.74, 6) is -1.36. The standard InChI is InChI=1S/C17H20FN5O2/c1-10-3-4-12(16(19)24)9-22(10)17(25)15-11(2)23(21-20-15)14-7-5-13(18)6-8-14/h5-8,10,12H,3-4,9H2,1-2H3,(H2,19,24). The Hall–Kier alpha value is -2.77. The fourth-order valence-electron chi connectivity index (χ4n) is 3.11. The minimum atomic E-state index is -0.392. The van der Waals surface area contributed by atoms with Crippen molar-refractivity contribution in [2.24, 2.45) is 11.7 Å². The molecule has 1 aromatic carbocycles. The van der Waals surface area contributed by atoms with Crippen molar-refractivity contribution in [3.63, 3.8) is 0 Å². The van der Waals surface area contributed by atoms with Crippen molar-refractivity contribution >= 4 is 11.8 Å². The highest BCUT2D eigenvalue weighted by atomic mass is 19.1. The Labute approximate surface area is 144 Å². The van der Waals surface area contributed by atoms with Gasteiger partial charge in [-0.25, -0.2) is 9.07 Å². The third-order valence-corrected chi connectivity index (χ3v) is 4.71. The molecule has 0 spiro atoms. The van der Waals surface area contributed by atoms with Crippen LogP contribution in [0.5, 0.6) is 0 Å². The van der Waals surface area contributed by atoms with Gasteiger partial charge in [-0.2, -0.15) is 0 Å². The average molecular weight is 345 g/mol. The lowest BCUT2D eigenvalue weighted by Gasteiger charge is -2.36. The number of hydrogen-bond acceptors (Lipinski definition) is 4. The fourth-order valence-corrected chi connectivity index (χ4v) is 3.11. The van der Waals surface area contributed by atoms with E-state index in [0.29, 0.717) is 24.2 Å². The number of nitrogens with zero attached hydrogens (tertiary/aromatic N) is 4. The molecule has 7 nitrogen and oxygen atoms in total. The summed E-state index contributed by atoms with van der Waals surface area (Å²) in [7, 11) is 0. The first-order valence-electron chi connectivity index (χ1n) is 8.17. The number of aromatic nitrogens is 3. The molecule has 1 fully saturated rings. The van der Waals surface area contributed by atoms with E-state index in [-0.39, 0.29) is 35.9 Å². The van der Waals surface area contributed by atoms with Crippen LogP contribution < -0.4 is 5.73 Å². The normalized spacial score (nSPS) is 20.5. The number of carbonyl (C=O) groups excluding carboxylic acids is 2. The molecule has 1 aliphatic heterocycles. The molecule has 1 aliphatic rings. The molecule has 25 heavy (non-hydrogen) atoms. The summed E-state index contributed by atoms with van der Waals surface area (Å²) < 4.78 is 14.6. The third-order valence-electron chi connectivity index (χ3n) is 4.71. The van der Waals surface area contributed by atoms with Crippen molar-refractivity contribution in [2.75, 3.05) is 6.54 Å². The average Bonchev–Trinajstić information content (AvgIpc) is 2.97. The van der Waals surface area contributed by atoms with Crippen LogP contribution >= 0.6 is 0 Å². The molecule has 1 aromatic heterocycles. The molecule has 2 heterocycles. The van der Waals surface area contributed by atoms with Crippen molar-refractivity contribution < 1.29 is 14.0 Å². The molecule has 2 N–H and O–H groups in total. The van der Waals surface area contributed by atoms with Crippen molar-refractivity contribution in [1.82, 2.24) is 19.9 Å². The number of rotatable bonds is 3. The maximum Gasteiger partial charge on any atom is 0.276 e. The van der Waals surface area contributed by atoms with Crippen LogP contribution in [-0.2, 0) is 4.79 Å². The molecule has 1 saturated heterocycles. The van der Waals surface area contributed by atoms with E-state index < -0.39 is 5.91 Å². The Morgan fingerprint density at radius 1 is 1.24 bits per heavy atom. The van der Waals surface area contributed by atoms with Gasteiger partial charge in [-0.1, -0.05) is 5.21 Å². The van der Waals surface area contributed by atoms with Crippen LogP contribution in [0.15, 0.2) is 24.3 Å². The van der Waals surface area contributed by atoms with Crippen LogP contribution in [0.25, 0.3) is 5.69 Å². The van der Waals surface area contributed by atoms with Crippen molar-refractivity contribution in [3.8, 4) is 5.69 Å². The van der Waals surface area contributed by atoms with Crippen LogP contribution in [0.1, 0.15) is 35.9 Å². The predicted octanol–water partition coefficient (Wildman–Crippen LogP) is 1.44. The molecular weight excluding hydrogens is 325 g/mol. The van der Waals surface area contributed by atoms with Crippen molar-refractivity contribution in [2.45, 2.75) is 32.7 Å². The number of nitrogens with two attached hydrogens (primary N) is 1. The molecule has 132 valence electrons. The molecule has 3 rings (SSSR count). The molecule has 8 heteroatoms. The highest BCUT2D eigenvalue weighted by Crippen LogP contribution is 2.24. The van der Waals surface area contributed by atoms with Crippen molar-refractivity contribution in [3.05, 3.63) is 41.5 Å². The maximum absolute atomic E-state index is 13.1. The fraction of sp³-hybridized carbons (Fsp3) is 0.412. The summed E-state index contributed by atoms with van der Waals surface area (Å²) in [6.45, 7) is 3.96. The van der Waals surface area contributed by atoms with Gasteiger partial charge < -0.3 is 10.6 Å². The van der Waals surface area contributed by atoms with Gasteiger partial charge in [0.15, 0.2) is 5.69 Å². The Morgan fingerprint density at radius 2 is 1.92 bits per heavy atom. The first-order valence-corrected chi connectivity index (χ1v) is 8.17. The molecule has 2 aromatic rings. The quantitative estimate of drug-likeness (QED) is 0.911. The number of carbonyl (C=O) groups is 2. The van der Waals surface area contributed by atoms with Gasteiger partial charge in [-0.05, 0) is 51.0 Å². The van der Waals surface area contributed by atoms with E-state index in [1.165, 1.54) is 16.8 Å². The zero-order chi connectivity index (χ0) is 18.1. The first-order chi connectivity index (χ1) is 11.9. The van der Waals surface area contributed by atoms with E-state index in [9.17, 15) is 14.0 Å². The van der Waals surface area contributed by atoms with E-state index >= 15 is 0 Å². The van der Waals surface area contributed by atoms with Crippen LogP contribution in [-0.4, -0.2) is 44.3 Å². The van der Waals surface area contributed by atoms with E-state index in [1.54, 1.807) is 24.0 Å². The van der Waals surface area contributed by atoms with E-state index in [0.717, 1.165) is 0 Å². The van der Waals surface area contributed by atoms with Crippen LogP contribution in [0.3, 0.4) is 0 Å². The van der Waals surface area contributed by atoms with Gasteiger partial charge in [-0.15, -0.1) is 5.10 Å². The van der Waals surface area contributed by atoms with Gasteiger partial charge >= 0.3 is 0 Å². The second-order valence-electron chi connectivity index (χ2n) is 6.39. The summed E-state index contributed by atoms with van der Waals surface area (Å²) in [5, 5.41) is 8.02. The second-order valence-corrected chi connectivity index (χ2v) is 6.39. The molecule has 0 radical (unpaired) electrons. The Morgan fingerprint density at radius 3 is 2.56 bits per heavy atom. The predicted molar refractivity (Wildman–Crippen MR) is 88.5 cm³/mol. The zero-order valence-electron chi connectivity index (χ0n) is 14.1. The van der Waals surface area contributed by atoms with Gasteiger partial charge in [0.05, 0.1) is 17.3 Å². The number of primary amides is 1. The summed E-state index contributed by atoms with van der Waals surface area (Å²) in [6, 6.07) is 5.78. The molecule has 0 bridgehead atoms. The van der Waals surface area contributed by atoms with E-state index in [4.69, 9.17) is 5.73 Å². The third kappa shape index (κ3) is 3.24. The minimum Gasteiger partial charge on any atom is -0.369 e. The number of halogens is 1. The molecule has 0 saturated carbocycles. The Balaban J connectivity index is 1.87. The topological polar surface area (TPSA) is 94.1 Å². The number of amides is 2. The highest BCUT2D eigenvalue weighted by Gasteiger charge is 2.34. The summed E-state index contributed by atoms with van der Waals surface area (Å²) in [5.41, 5.74) is 6.80. The largest absolute Gasteiger partial charge is 0.369 e. The molecule has 2 unspecified atom stereocenters. The van der Waals surface area contributed by atoms with Crippen LogP contribution in [0.2, 0.25) is 0 Å². The molecule has 2 atom stereocenters. The molecule has 0 aliphatic carbocycles. The molecular formula is C17H20FN5O2. The van der Waals surface area contributed by atoms with E-state index in [2.05, 4.69) is 10.3 Å². The maximum atomic E-state index is 13.1. The van der Waals surface area contributed by atoms with E-state index in [1.807, 2.05) is 6.92 Å². The number of piperidine rings is 1. The van der Waals surface area contributed by atoms with Gasteiger partial charge in [0.1, 0.15) is 5.82 Å². The Kier molecular flexibility index (Phi) is 4.52. The highest BCUT2D eigenvalue weighted by molar-refractivity contribution is 5.94. The number of likely N-dealkylation sites (tertiary alicyclic amines) is 1.